The Morgan fingerprint density at radius 2 is 1.89 bits per heavy atom. The van der Waals surface area contributed by atoms with E-state index in [2.05, 4.69) is 51.2 Å². The lowest BCUT2D eigenvalue weighted by Crippen LogP contribution is -2.48. The van der Waals surface area contributed by atoms with Crippen molar-refractivity contribution >= 4 is 0 Å². The molecule has 1 aromatic carbocycles. The lowest BCUT2D eigenvalue weighted by Gasteiger charge is -2.34. The molecule has 1 N–H and O–H groups in total. The molecule has 0 spiro atoms. The molecule has 1 unspecified atom stereocenters. The average molecular weight is 249 g/mol. The maximum atomic E-state index is 5.85. The van der Waals surface area contributed by atoms with E-state index in [0.717, 1.165) is 13.0 Å². The van der Waals surface area contributed by atoms with Gasteiger partial charge in [0.25, 0.3) is 0 Å². The third kappa shape index (κ3) is 3.82. The Bertz CT molecular complexity index is 385. The molecule has 1 aromatic rings. The number of hydrogen-bond acceptors (Lipinski definition) is 2. The minimum atomic E-state index is -0.151. The molecular weight excluding hydrogens is 222 g/mol. The van der Waals surface area contributed by atoms with Crippen LogP contribution in [0.4, 0.5) is 0 Å². The van der Waals surface area contributed by atoms with Gasteiger partial charge in [-0.15, -0.1) is 0 Å². The van der Waals surface area contributed by atoms with Gasteiger partial charge in [0.2, 0.25) is 0 Å². The molecule has 1 rings (SSSR count). The van der Waals surface area contributed by atoms with Crippen molar-refractivity contribution in [3.63, 3.8) is 0 Å². The van der Waals surface area contributed by atoms with Crippen LogP contribution in [0.5, 0.6) is 0 Å². The van der Waals surface area contributed by atoms with Crippen LogP contribution in [0, 0.1) is 13.8 Å². The number of nitrogens with one attached hydrogen (secondary N) is 1. The first-order chi connectivity index (χ1) is 8.40. The summed E-state index contributed by atoms with van der Waals surface area (Å²) < 4.78 is 5.85. The van der Waals surface area contributed by atoms with Crippen LogP contribution < -0.4 is 5.32 Å². The first-order valence-electron chi connectivity index (χ1n) is 6.78. The number of hydrogen-bond donors (Lipinski definition) is 1. The lowest BCUT2D eigenvalue weighted by molar-refractivity contribution is -0.0363. The SMILES string of the molecule is CCOC(C)(C)C(Cc1ccc(C)c(C)c1)NC. The molecule has 0 amide bonds. The minimum absolute atomic E-state index is 0.151. The molecule has 18 heavy (non-hydrogen) atoms. The van der Waals surface area contributed by atoms with Gasteiger partial charge in [0.05, 0.1) is 5.60 Å². The third-order valence-electron chi connectivity index (χ3n) is 3.72. The fourth-order valence-electron chi connectivity index (χ4n) is 2.33. The van der Waals surface area contributed by atoms with Crippen LogP contribution in [0.25, 0.3) is 0 Å². The molecular formula is C16H27NO. The van der Waals surface area contributed by atoms with Crippen molar-refractivity contribution in [3.8, 4) is 0 Å². The minimum Gasteiger partial charge on any atom is -0.374 e. The smallest absolute Gasteiger partial charge is 0.0781 e. The predicted molar refractivity (Wildman–Crippen MR) is 78.2 cm³/mol. The van der Waals surface area contributed by atoms with Crippen LogP contribution in [0.1, 0.15) is 37.5 Å². The Kier molecular flexibility index (Phi) is 5.36. The van der Waals surface area contributed by atoms with Gasteiger partial charge >= 0.3 is 0 Å². The zero-order chi connectivity index (χ0) is 13.8. The Labute approximate surface area is 112 Å². The Morgan fingerprint density at radius 1 is 1.22 bits per heavy atom. The summed E-state index contributed by atoms with van der Waals surface area (Å²) >= 11 is 0. The van der Waals surface area contributed by atoms with Gasteiger partial charge in [-0.25, -0.2) is 0 Å². The zero-order valence-corrected chi connectivity index (χ0v) is 12.6. The van der Waals surface area contributed by atoms with Crippen LogP contribution in [-0.2, 0) is 11.2 Å². The molecule has 102 valence electrons. The monoisotopic (exact) mass is 249 g/mol. The van der Waals surface area contributed by atoms with Crippen molar-refractivity contribution in [1.29, 1.82) is 0 Å². The van der Waals surface area contributed by atoms with Crippen LogP contribution in [0.2, 0.25) is 0 Å². The van der Waals surface area contributed by atoms with Crippen LogP contribution in [0.15, 0.2) is 18.2 Å². The summed E-state index contributed by atoms with van der Waals surface area (Å²) in [6.45, 7) is 11.4. The van der Waals surface area contributed by atoms with Crippen molar-refractivity contribution in [2.24, 2.45) is 0 Å². The molecule has 0 fully saturated rings. The molecule has 0 heterocycles. The highest BCUT2D eigenvalue weighted by atomic mass is 16.5. The van der Waals surface area contributed by atoms with Crippen molar-refractivity contribution in [2.45, 2.75) is 52.7 Å². The van der Waals surface area contributed by atoms with Gasteiger partial charge in [0.1, 0.15) is 0 Å². The normalized spacial score (nSPS) is 13.7. The number of ether oxygens (including phenoxy) is 1. The second-order valence-electron chi connectivity index (χ2n) is 5.50. The van der Waals surface area contributed by atoms with Crippen molar-refractivity contribution in [1.82, 2.24) is 5.32 Å². The molecule has 0 saturated heterocycles. The standard InChI is InChI=1S/C16H27NO/c1-7-18-16(4,5)15(17-6)11-14-9-8-12(2)13(3)10-14/h8-10,15,17H,7,11H2,1-6H3. The highest BCUT2D eigenvalue weighted by Gasteiger charge is 2.28. The fourth-order valence-corrected chi connectivity index (χ4v) is 2.33. The van der Waals surface area contributed by atoms with E-state index in [1.165, 1.54) is 16.7 Å². The number of aryl methyl sites for hydroxylation is 2. The molecule has 0 bridgehead atoms. The largest absolute Gasteiger partial charge is 0.374 e. The predicted octanol–water partition coefficient (Wildman–Crippen LogP) is 3.25. The lowest BCUT2D eigenvalue weighted by atomic mass is 9.91. The molecule has 2 heteroatoms. The molecule has 0 aliphatic carbocycles. The van der Waals surface area contributed by atoms with Crippen molar-refractivity contribution < 1.29 is 4.74 Å². The molecule has 0 saturated carbocycles. The molecule has 0 aromatic heterocycles. The second-order valence-corrected chi connectivity index (χ2v) is 5.50. The summed E-state index contributed by atoms with van der Waals surface area (Å²) in [4.78, 5) is 0. The van der Waals surface area contributed by atoms with Crippen molar-refractivity contribution in [3.05, 3.63) is 34.9 Å². The van der Waals surface area contributed by atoms with E-state index in [1.807, 2.05) is 14.0 Å². The van der Waals surface area contributed by atoms with Gasteiger partial charge in [-0.05, 0) is 64.8 Å². The van der Waals surface area contributed by atoms with Crippen LogP contribution in [0.3, 0.4) is 0 Å². The van der Waals surface area contributed by atoms with Gasteiger partial charge < -0.3 is 10.1 Å². The second kappa shape index (κ2) is 6.35. The van der Waals surface area contributed by atoms with E-state index in [9.17, 15) is 0 Å². The van der Waals surface area contributed by atoms with E-state index < -0.39 is 0 Å². The number of likely N-dealkylation sites (N-methyl/N-ethyl adjacent to an activating group) is 1. The van der Waals surface area contributed by atoms with E-state index >= 15 is 0 Å². The first-order valence-corrected chi connectivity index (χ1v) is 6.78. The zero-order valence-electron chi connectivity index (χ0n) is 12.6. The molecule has 0 radical (unpaired) electrons. The van der Waals surface area contributed by atoms with Gasteiger partial charge in [0, 0.05) is 12.6 Å². The average Bonchev–Trinajstić information content (AvgIpc) is 2.30. The van der Waals surface area contributed by atoms with E-state index in [0.29, 0.717) is 6.04 Å². The molecule has 1 atom stereocenters. The third-order valence-corrected chi connectivity index (χ3v) is 3.72. The Hall–Kier alpha value is -0.860. The summed E-state index contributed by atoms with van der Waals surface area (Å²) in [5.41, 5.74) is 3.92. The van der Waals surface area contributed by atoms with E-state index in [-0.39, 0.29) is 5.60 Å². The highest BCUT2D eigenvalue weighted by Crippen LogP contribution is 2.20. The topological polar surface area (TPSA) is 21.3 Å². The van der Waals surface area contributed by atoms with Gasteiger partial charge in [0.15, 0.2) is 0 Å². The molecule has 0 aliphatic heterocycles. The highest BCUT2D eigenvalue weighted by molar-refractivity contribution is 5.30. The molecule has 2 nitrogen and oxygen atoms in total. The quantitative estimate of drug-likeness (QED) is 0.835. The summed E-state index contributed by atoms with van der Waals surface area (Å²) in [5.74, 6) is 0. The van der Waals surface area contributed by atoms with Gasteiger partial charge in [-0.1, -0.05) is 18.2 Å². The fraction of sp³-hybridized carbons (Fsp3) is 0.625. The van der Waals surface area contributed by atoms with Crippen molar-refractivity contribution in [2.75, 3.05) is 13.7 Å². The van der Waals surface area contributed by atoms with Gasteiger partial charge in [-0.3, -0.25) is 0 Å². The summed E-state index contributed by atoms with van der Waals surface area (Å²) in [7, 11) is 2.01. The van der Waals surface area contributed by atoms with Crippen LogP contribution >= 0.6 is 0 Å². The number of benzene rings is 1. The first kappa shape index (κ1) is 15.2. The summed E-state index contributed by atoms with van der Waals surface area (Å²) in [6.07, 6.45) is 0.991. The Balaban J connectivity index is 2.82. The maximum absolute atomic E-state index is 5.85. The summed E-state index contributed by atoms with van der Waals surface area (Å²) in [6, 6.07) is 7.01. The molecule has 0 aliphatic rings. The maximum Gasteiger partial charge on any atom is 0.0781 e. The van der Waals surface area contributed by atoms with Gasteiger partial charge in [-0.2, -0.15) is 0 Å². The van der Waals surface area contributed by atoms with E-state index in [1.54, 1.807) is 0 Å². The van der Waals surface area contributed by atoms with Crippen LogP contribution in [-0.4, -0.2) is 25.3 Å². The summed E-state index contributed by atoms with van der Waals surface area (Å²) in [5, 5.41) is 3.38. The Morgan fingerprint density at radius 3 is 2.39 bits per heavy atom. The van der Waals surface area contributed by atoms with E-state index in [4.69, 9.17) is 4.74 Å². The number of rotatable bonds is 6.